The second-order valence-corrected chi connectivity index (χ2v) is 11.4. The number of imidazole rings is 1. The minimum Gasteiger partial charge on any atom is -0.361 e. The number of H-pyrrole nitrogens is 2. The summed E-state index contributed by atoms with van der Waals surface area (Å²) in [5, 5.41) is 4.93. The molecule has 2 atom stereocenters. The van der Waals surface area contributed by atoms with Crippen molar-refractivity contribution < 1.29 is 0 Å². The van der Waals surface area contributed by atoms with E-state index in [9.17, 15) is 0 Å². The smallest absolute Gasteiger partial charge is 0.140 e. The first-order valence-electron chi connectivity index (χ1n) is 9.75. The van der Waals surface area contributed by atoms with Crippen LogP contribution < -0.4 is 0 Å². The Hall–Kier alpha value is -1.39. The summed E-state index contributed by atoms with van der Waals surface area (Å²) >= 11 is 8.57. The van der Waals surface area contributed by atoms with E-state index in [-0.39, 0.29) is 0 Å². The van der Waals surface area contributed by atoms with E-state index in [4.69, 9.17) is 4.98 Å². The van der Waals surface area contributed by atoms with Crippen LogP contribution in [0, 0.1) is 7.14 Å². The maximum Gasteiger partial charge on any atom is 0.140 e. The molecular weight excluding hydrogens is 664 g/mol. The molecule has 6 rings (SSSR count). The number of hydrogen-bond donors (Lipinski definition) is 2. The van der Waals surface area contributed by atoms with Crippen LogP contribution in [0.4, 0.5) is 0 Å². The molecule has 3 aromatic carbocycles. The van der Waals surface area contributed by atoms with Crippen LogP contribution in [0.25, 0.3) is 50.0 Å². The molecule has 148 valence electrons. The molecule has 3 nitrogen and oxygen atoms in total. The van der Waals surface area contributed by atoms with Gasteiger partial charge in [0.25, 0.3) is 0 Å². The summed E-state index contributed by atoms with van der Waals surface area (Å²) in [6.07, 6.45) is 6.46. The van der Waals surface area contributed by atoms with Crippen molar-refractivity contribution in [3.8, 4) is 11.4 Å². The number of fused-ring (bicyclic) bond motifs is 7. The van der Waals surface area contributed by atoms with Crippen LogP contribution >= 0.6 is 61.1 Å². The standard InChI is InChI=1S/C24H16BrI2N3/c1-11-19(25)6-7-20-21(11)18(10-28-20)24-29-22-16-8-12(26)2-4-14(16)15-5-3-13(27)9-17(15)23(22)30-24/h2-11,19,28H,1H3,(H,29,30)/t11-,19?/m1/s1. The first-order chi connectivity index (χ1) is 14.5. The number of rotatable bonds is 1. The summed E-state index contributed by atoms with van der Waals surface area (Å²) in [5.41, 5.74) is 5.79. The minimum absolute atomic E-state index is 0.328. The van der Waals surface area contributed by atoms with Crippen molar-refractivity contribution in [2.45, 2.75) is 17.7 Å². The highest BCUT2D eigenvalue weighted by molar-refractivity contribution is 14.1. The lowest BCUT2D eigenvalue weighted by atomic mass is 9.90. The molecule has 2 aromatic heterocycles. The number of aromatic nitrogens is 3. The predicted molar refractivity (Wildman–Crippen MR) is 146 cm³/mol. The minimum atomic E-state index is 0.328. The fourth-order valence-corrected chi connectivity index (χ4v) is 5.98. The maximum absolute atomic E-state index is 5.15. The van der Waals surface area contributed by atoms with Crippen molar-refractivity contribution >= 4 is 99.8 Å². The molecule has 1 aliphatic carbocycles. The Labute approximate surface area is 209 Å². The van der Waals surface area contributed by atoms with Gasteiger partial charge in [-0.2, -0.15) is 0 Å². The summed E-state index contributed by atoms with van der Waals surface area (Å²) in [6.45, 7) is 2.26. The van der Waals surface area contributed by atoms with Gasteiger partial charge in [-0.15, -0.1) is 0 Å². The third-order valence-electron chi connectivity index (χ3n) is 6.07. The van der Waals surface area contributed by atoms with Gasteiger partial charge in [0.15, 0.2) is 0 Å². The molecule has 0 radical (unpaired) electrons. The highest BCUT2D eigenvalue weighted by Crippen LogP contribution is 2.41. The van der Waals surface area contributed by atoms with Crippen LogP contribution in [-0.2, 0) is 0 Å². The van der Waals surface area contributed by atoms with Gasteiger partial charge in [0, 0.05) is 40.2 Å². The Morgan fingerprint density at radius 1 is 0.967 bits per heavy atom. The molecule has 6 heteroatoms. The molecule has 0 bridgehead atoms. The molecule has 0 fully saturated rings. The number of benzene rings is 3. The summed E-state index contributed by atoms with van der Waals surface area (Å²) in [5.74, 6) is 1.30. The Morgan fingerprint density at radius 2 is 1.67 bits per heavy atom. The molecule has 1 unspecified atom stereocenters. The SMILES string of the molecule is C[C@H]1c2c(-c3nc4c5cc(I)ccc5c5ccc(I)cc5c4[nH]3)c[nH]c2C=CC1Br. The summed E-state index contributed by atoms with van der Waals surface area (Å²) < 4.78 is 2.44. The lowest BCUT2D eigenvalue weighted by molar-refractivity contribution is 0.797. The number of alkyl halides is 1. The first-order valence-corrected chi connectivity index (χ1v) is 12.8. The number of hydrogen-bond acceptors (Lipinski definition) is 1. The molecule has 0 saturated heterocycles. The molecular formula is C24H16BrI2N3. The van der Waals surface area contributed by atoms with Crippen molar-refractivity contribution in [3.05, 3.63) is 67.1 Å². The summed E-state index contributed by atoms with van der Waals surface area (Å²) in [4.78, 5) is 12.6. The fourth-order valence-electron chi connectivity index (χ4n) is 4.58. The molecule has 0 amide bonds. The number of allylic oxidation sites excluding steroid dienone is 1. The molecule has 2 heterocycles. The average Bonchev–Trinajstić information content (AvgIpc) is 3.36. The van der Waals surface area contributed by atoms with Gasteiger partial charge < -0.3 is 9.97 Å². The van der Waals surface area contributed by atoms with Gasteiger partial charge in [-0.25, -0.2) is 4.98 Å². The highest BCUT2D eigenvalue weighted by atomic mass is 127. The quantitative estimate of drug-likeness (QED) is 0.105. The van der Waals surface area contributed by atoms with Gasteiger partial charge in [-0.1, -0.05) is 41.1 Å². The van der Waals surface area contributed by atoms with Crippen molar-refractivity contribution in [2.75, 3.05) is 0 Å². The van der Waals surface area contributed by atoms with Crippen molar-refractivity contribution in [3.63, 3.8) is 0 Å². The van der Waals surface area contributed by atoms with Crippen molar-refractivity contribution in [1.82, 2.24) is 15.0 Å². The van der Waals surface area contributed by atoms with Crippen LogP contribution in [-0.4, -0.2) is 19.8 Å². The fraction of sp³-hybridized carbons (Fsp3) is 0.125. The average molecular weight is 680 g/mol. The highest BCUT2D eigenvalue weighted by Gasteiger charge is 2.26. The zero-order chi connectivity index (χ0) is 20.6. The largest absolute Gasteiger partial charge is 0.361 e. The Balaban J connectivity index is 1.72. The monoisotopic (exact) mass is 679 g/mol. The van der Waals surface area contributed by atoms with Gasteiger partial charge in [-0.3, -0.25) is 0 Å². The van der Waals surface area contributed by atoms with Gasteiger partial charge in [0.1, 0.15) is 5.82 Å². The van der Waals surface area contributed by atoms with E-state index in [1.54, 1.807) is 0 Å². The summed E-state index contributed by atoms with van der Waals surface area (Å²) in [7, 11) is 0. The summed E-state index contributed by atoms with van der Waals surface area (Å²) in [6, 6.07) is 13.3. The Morgan fingerprint density at radius 3 is 2.43 bits per heavy atom. The zero-order valence-electron chi connectivity index (χ0n) is 15.9. The van der Waals surface area contributed by atoms with E-state index in [2.05, 4.69) is 133 Å². The van der Waals surface area contributed by atoms with E-state index in [0.29, 0.717) is 10.7 Å². The Bertz CT molecular complexity index is 1430. The second kappa shape index (κ2) is 7.06. The van der Waals surface area contributed by atoms with E-state index in [1.165, 1.54) is 39.9 Å². The second-order valence-electron chi connectivity index (χ2n) is 7.81. The normalized spacial score (nSPS) is 18.5. The van der Waals surface area contributed by atoms with Crippen molar-refractivity contribution in [2.24, 2.45) is 0 Å². The lowest BCUT2D eigenvalue weighted by Crippen LogP contribution is -2.11. The van der Waals surface area contributed by atoms with Gasteiger partial charge in [0.2, 0.25) is 0 Å². The molecule has 30 heavy (non-hydrogen) atoms. The molecule has 0 spiro atoms. The van der Waals surface area contributed by atoms with Crippen LogP contribution in [0.3, 0.4) is 0 Å². The molecule has 1 aliphatic rings. The lowest BCUT2D eigenvalue weighted by Gasteiger charge is -2.20. The molecule has 5 aromatic rings. The molecule has 0 aliphatic heterocycles. The van der Waals surface area contributed by atoms with Gasteiger partial charge in [0.05, 0.1) is 11.0 Å². The van der Waals surface area contributed by atoms with Crippen LogP contribution in [0.1, 0.15) is 24.1 Å². The maximum atomic E-state index is 5.15. The molecule has 2 N–H and O–H groups in total. The number of halogens is 3. The Kier molecular flexibility index (Phi) is 4.55. The van der Waals surface area contributed by atoms with Gasteiger partial charge in [-0.05, 0) is 97.8 Å². The number of aromatic amines is 2. The van der Waals surface area contributed by atoms with E-state index < -0.39 is 0 Å². The van der Waals surface area contributed by atoms with Crippen molar-refractivity contribution in [1.29, 1.82) is 0 Å². The third kappa shape index (κ3) is 2.82. The zero-order valence-corrected chi connectivity index (χ0v) is 21.8. The van der Waals surface area contributed by atoms with Crippen LogP contribution in [0.15, 0.2) is 48.7 Å². The molecule has 0 saturated carbocycles. The topological polar surface area (TPSA) is 44.5 Å². The first kappa shape index (κ1) is 19.3. The van der Waals surface area contributed by atoms with Gasteiger partial charge >= 0.3 is 0 Å². The van der Waals surface area contributed by atoms with E-state index in [0.717, 1.165) is 22.4 Å². The van der Waals surface area contributed by atoms with Crippen LogP contribution in [0.2, 0.25) is 0 Å². The predicted octanol–water partition coefficient (Wildman–Crippen LogP) is 7.97. The number of nitrogens with one attached hydrogen (secondary N) is 2. The van der Waals surface area contributed by atoms with E-state index in [1.807, 2.05) is 0 Å². The third-order valence-corrected chi connectivity index (χ3v) is 8.51. The van der Waals surface area contributed by atoms with Crippen LogP contribution in [0.5, 0.6) is 0 Å². The van der Waals surface area contributed by atoms with E-state index >= 15 is 0 Å². The number of nitrogens with zero attached hydrogens (tertiary/aromatic N) is 1.